The van der Waals surface area contributed by atoms with E-state index in [9.17, 15) is 0 Å². The molecule has 0 bridgehead atoms. The van der Waals surface area contributed by atoms with Crippen LogP contribution >= 0.6 is 11.3 Å². The lowest BCUT2D eigenvalue weighted by molar-refractivity contribution is 0.175. The summed E-state index contributed by atoms with van der Waals surface area (Å²) in [4.78, 5) is 4.31. The van der Waals surface area contributed by atoms with E-state index >= 15 is 0 Å². The van der Waals surface area contributed by atoms with Gasteiger partial charge in [-0.05, 0) is 37.8 Å². The van der Waals surface area contributed by atoms with Gasteiger partial charge in [0.15, 0.2) is 0 Å². The zero-order valence-corrected chi connectivity index (χ0v) is 11.5. The number of rotatable bonds is 6. The summed E-state index contributed by atoms with van der Waals surface area (Å²) in [6.45, 7) is 6.71. The predicted molar refractivity (Wildman–Crippen MR) is 73.3 cm³/mol. The van der Waals surface area contributed by atoms with Crippen molar-refractivity contribution in [2.24, 2.45) is 5.41 Å². The molecule has 2 heterocycles. The van der Waals surface area contributed by atoms with E-state index in [1.165, 1.54) is 44.5 Å². The van der Waals surface area contributed by atoms with Crippen molar-refractivity contribution < 1.29 is 0 Å². The van der Waals surface area contributed by atoms with Crippen LogP contribution in [0.25, 0.3) is 0 Å². The van der Waals surface area contributed by atoms with Crippen LogP contribution in [-0.2, 0) is 6.54 Å². The van der Waals surface area contributed by atoms with Crippen LogP contribution in [0.2, 0.25) is 0 Å². The van der Waals surface area contributed by atoms with E-state index in [4.69, 9.17) is 0 Å². The van der Waals surface area contributed by atoms with Crippen LogP contribution in [0.15, 0.2) is 10.9 Å². The minimum absolute atomic E-state index is 0.524. The smallest absolute Gasteiger partial charge is 0.0795 e. The Hall–Kier alpha value is -0.450. The van der Waals surface area contributed by atoms with Crippen LogP contribution in [0.5, 0.6) is 0 Å². The molecule has 0 amide bonds. The minimum atomic E-state index is 0.524. The van der Waals surface area contributed by atoms with Gasteiger partial charge in [-0.1, -0.05) is 13.3 Å². The van der Waals surface area contributed by atoms with Crippen LogP contribution in [-0.4, -0.2) is 24.6 Å². The largest absolute Gasteiger partial charge is 0.317 e. The Balaban J connectivity index is 1.80. The molecule has 0 unspecified atom stereocenters. The van der Waals surface area contributed by atoms with Gasteiger partial charge in [-0.3, -0.25) is 0 Å². The van der Waals surface area contributed by atoms with E-state index in [1.54, 1.807) is 11.3 Å². The number of thiazole rings is 1. The van der Waals surface area contributed by atoms with Crippen molar-refractivity contribution in [3.8, 4) is 0 Å². The second-order valence-electron chi connectivity index (χ2n) is 5.08. The summed E-state index contributed by atoms with van der Waals surface area (Å²) in [5.74, 6) is 0. The average Bonchev–Trinajstić information content (AvgIpc) is 2.84. The molecule has 0 aliphatic carbocycles. The minimum Gasteiger partial charge on any atom is -0.317 e. The van der Waals surface area contributed by atoms with Gasteiger partial charge in [-0.25, -0.2) is 4.98 Å². The zero-order valence-electron chi connectivity index (χ0n) is 10.7. The van der Waals surface area contributed by atoms with Crippen molar-refractivity contribution in [2.45, 2.75) is 39.2 Å². The van der Waals surface area contributed by atoms with Gasteiger partial charge in [0, 0.05) is 18.5 Å². The topological polar surface area (TPSA) is 37.0 Å². The van der Waals surface area contributed by atoms with Gasteiger partial charge in [0.2, 0.25) is 0 Å². The number of piperidine rings is 1. The fourth-order valence-corrected chi connectivity index (χ4v) is 3.34. The Morgan fingerprint density at radius 3 is 2.94 bits per heavy atom. The molecule has 17 heavy (non-hydrogen) atoms. The standard InChI is InChI=1S/C13H23N3S/c1-2-3-13(4-6-14-7-5-13)10-15-8-12-9-17-11-16-12/h9,11,14-15H,2-8,10H2,1H3. The Labute approximate surface area is 108 Å². The summed E-state index contributed by atoms with van der Waals surface area (Å²) in [6, 6.07) is 0. The third kappa shape index (κ3) is 3.76. The number of aromatic nitrogens is 1. The molecule has 3 nitrogen and oxygen atoms in total. The Bertz CT molecular complexity index is 299. The van der Waals surface area contributed by atoms with E-state index in [-0.39, 0.29) is 0 Å². The lowest BCUT2D eigenvalue weighted by atomic mass is 9.75. The summed E-state index contributed by atoms with van der Waals surface area (Å²) in [5, 5.41) is 9.19. The average molecular weight is 253 g/mol. The lowest BCUT2D eigenvalue weighted by Gasteiger charge is -2.38. The highest BCUT2D eigenvalue weighted by Crippen LogP contribution is 2.33. The second-order valence-corrected chi connectivity index (χ2v) is 5.80. The summed E-state index contributed by atoms with van der Waals surface area (Å²) >= 11 is 1.67. The maximum atomic E-state index is 4.31. The maximum absolute atomic E-state index is 4.31. The number of nitrogens with zero attached hydrogens (tertiary/aromatic N) is 1. The van der Waals surface area contributed by atoms with Gasteiger partial charge in [0.1, 0.15) is 0 Å². The molecule has 1 fully saturated rings. The first-order valence-corrected chi connectivity index (χ1v) is 7.57. The van der Waals surface area contributed by atoms with Gasteiger partial charge in [0.05, 0.1) is 11.2 Å². The van der Waals surface area contributed by atoms with Crippen molar-refractivity contribution in [3.63, 3.8) is 0 Å². The predicted octanol–water partition coefficient (Wildman–Crippen LogP) is 2.40. The first-order chi connectivity index (χ1) is 8.35. The van der Waals surface area contributed by atoms with Gasteiger partial charge in [0.25, 0.3) is 0 Å². The van der Waals surface area contributed by atoms with Crippen LogP contribution in [0, 0.1) is 5.41 Å². The summed E-state index contributed by atoms with van der Waals surface area (Å²) < 4.78 is 0. The van der Waals surface area contributed by atoms with Crippen molar-refractivity contribution in [3.05, 3.63) is 16.6 Å². The molecule has 0 radical (unpaired) electrons. The first-order valence-electron chi connectivity index (χ1n) is 6.63. The van der Waals surface area contributed by atoms with E-state index in [0.717, 1.165) is 13.1 Å². The normalized spacial score (nSPS) is 19.4. The second kappa shape index (κ2) is 6.47. The van der Waals surface area contributed by atoms with Crippen LogP contribution in [0.4, 0.5) is 0 Å². The van der Waals surface area contributed by atoms with Crippen molar-refractivity contribution in [1.82, 2.24) is 15.6 Å². The highest BCUT2D eigenvalue weighted by Gasteiger charge is 2.30. The Morgan fingerprint density at radius 1 is 1.47 bits per heavy atom. The summed E-state index contributed by atoms with van der Waals surface area (Å²) in [7, 11) is 0. The van der Waals surface area contributed by atoms with Gasteiger partial charge in [-0.15, -0.1) is 11.3 Å². The molecular weight excluding hydrogens is 230 g/mol. The van der Waals surface area contributed by atoms with Crippen LogP contribution < -0.4 is 10.6 Å². The van der Waals surface area contributed by atoms with Crippen molar-refractivity contribution in [1.29, 1.82) is 0 Å². The monoisotopic (exact) mass is 253 g/mol. The van der Waals surface area contributed by atoms with Gasteiger partial charge >= 0.3 is 0 Å². The molecule has 1 aliphatic rings. The van der Waals surface area contributed by atoms with Gasteiger partial charge < -0.3 is 10.6 Å². The van der Waals surface area contributed by atoms with E-state index in [0.29, 0.717) is 5.41 Å². The third-order valence-electron chi connectivity index (χ3n) is 3.73. The molecular formula is C13H23N3S. The quantitative estimate of drug-likeness (QED) is 0.817. The van der Waals surface area contributed by atoms with E-state index < -0.39 is 0 Å². The Kier molecular flexibility index (Phi) is 4.95. The first kappa shape index (κ1) is 13.0. The molecule has 1 saturated heterocycles. The molecule has 4 heteroatoms. The molecule has 2 N–H and O–H groups in total. The fraction of sp³-hybridized carbons (Fsp3) is 0.769. The molecule has 1 aromatic rings. The van der Waals surface area contributed by atoms with E-state index in [2.05, 4.69) is 27.9 Å². The lowest BCUT2D eigenvalue weighted by Crippen LogP contribution is -2.43. The number of hydrogen-bond acceptors (Lipinski definition) is 4. The molecule has 0 aromatic carbocycles. The third-order valence-corrected chi connectivity index (χ3v) is 4.37. The molecule has 0 atom stereocenters. The zero-order chi connectivity index (χ0) is 12.0. The SMILES string of the molecule is CCCC1(CNCc2cscn2)CCNCC1. The van der Waals surface area contributed by atoms with Gasteiger partial charge in [-0.2, -0.15) is 0 Å². The molecule has 0 saturated carbocycles. The Morgan fingerprint density at radius 2 is 2.29 bits per heavy atom. The number of nitrogens with one attached hydrogen (secondary N) is 2. The molecule has 1 aliphatic heterocycles. The highest BCUT2D eigenvalue weighted by molar-refractivity contribution is 7.07. The highest BCUT2D eigenvalue weighted by atomic mass is 32.1. The van der Waals surface area contributed by atoms with Crippen molar-refractivity contribution >= 4 is 11.3 Å². The molecule has 2 rings (SSSR count). The van der Waals surface area contributed by atoms with Crippen LogP contribution in [0.1, 0.15) is 38.3 Å². The fourth-order valence-electron chi connectivity index (χ4n) is 2.78. The number of hydrogen-bond donors (Lipinski definition) is 2. The molecule has 1 aromatic heterocycles. The maximum Gasteiger partial charge on any atom is 0.0795 e. The molecule has 0 spiro atoms. The van der Waals surface area contributed by atoms with Crippen molar-refractivity contribution in [2.75, 3.05) is 19.6 Å². The summed E-state index contributed by atoms with van der Waals surface area (Å²) in [6.07, 6.45) is 5.26. The summed E-state index contributed by atoms with van der Waals surface area (Å²) in [5.41, 5.74) is 3.61. The van der Waals surface area contributed by atoms with E-state index in [1.807, 2.05) is 5.51 Å². The van der Waals surface area contributed by atoms with Crippen LogP contribution in [0.3, 0.4) is 0 Å². The molecule has 96 valence electrons.